The quantitative estimate of drug-likeness (QED) is 0.843. The van der Waals surface area contributed by atoms with E-state index in [0.717, 1.165) is 0 Å². The number of nitrogens with one attached hydrogen (secondary N) is 1. The first-order chi connectivity index (χ1) is 9.56. The third-order valence-electron chi connectivity index (χ3n) is 2.17. The number of carbonyl (C=O) groups excluding carboxylic acids is 1. The maximum absolute atomic E-state index is 12.0. The van der Waals surface area contributed by atoms with Crippen LogP contribution in [0.15, 0.2) is 36.7 Å². The predicted molar refractivity (Wildman–Crippen MR) is 70.1 cm³/mol. The van der Waals surface area contributed by atoms with Gasteiger partial charge >= 0.3 is 6.16 Å². The summed E-state index contributed by atoms with van der Waals surface area (Å²) in [5.41, 5.74) is 0.246. The van der Waals surface area contributed by atoms with E-state index in [1.807, 2.05) is 0 Å². The molecule has 2 rings (SSSR count). The largest absolute Gasteiger partial charge is 0.512 e. The minimum atomic E-state index is -1.58. The van der Waals surface area contributed by atoms with Crippen LogP contribution in [0.4, 0.5) is 10.5 Å². The molecule has 2 N–H and O–H groups in total. The molecule has 1 heterocycles. The second kappa shape index (κ2) is 5.98. The minimum Gasteiger partial charge on any atom is -0.449 e. The highest BCUT2D eigenvalue weighted by atomic mass is 35.5. The molecule has 0 fully saturated rings. The fourth-order valence-corrected chi connectivity index (χ4v) is 1.49. The second-order valence-electron chi connectivity index (χ2n) is 3.54. The topological polar surface area (TPSA) is 101 Å². The number of hydrogen-bond acceptors (Lipinski definition) is 5. The van der Waals surface area contributed by atoms with Crippen LogP contribution in [-0.2, 0) is 0 Å². The van der Waals surface area contributed by atoms with Crippen LogP contribution in [0.5, 0.6) is 5.88 Å². The highest BCUT2D eigenvalue weighted by molar-refractivity contribution is 6.30. The maximum atomic E-state index is 12.0. The molecule has 2 aromatic rings. The number of halogens is 1. The molecular formula is C12H8ClN3O4. The van der Waals surface area contributed by atoms with Crippen LogP contribution >= 0.6 is 11.6 Å². The summed E-state index contributed by atoms with van der Waals surface area (Å²) in [5.74, 6) is -1.02. The van der Waals surface area contributed by atoms with E-state index >= 15 is 0 Å². The summed E-state index contributed by atoms with van der Waals surface area (Å²) in [4.78, 5) is 29.9. The molecule has 20 heavy (non-hydrogen) atoms. The number of amides is 1. The Bertz CT molecular complexity index is 645. The van der Waals surface area contributed by atoms with Crippen molar-refractivity contribution in [3.63, 3.8) is 0 Å². The SMILES string of the molecule is O=C(O)Oc1nccnc1C(=O)Nc1ccc(Cl)cc1. The lowest BCUT2D eigenvalue weighted by Gasteiger charge is -2.07. The number of carboxylic acid groups (broad SMARTS) is 1. The first-order valence-corrected chi connectivity index (χ1v) is 5.73. The molecule has 7 nitrogen and oxygen atoms in total. The molecule has 0 unspecified atom stereocenters. The van der Waals surface area contributed by atoms with Crippen molar-refractivity contribution in [2.75, 3.05) is 5.32 Å². The Labute approximate surface area is 118 Å². The Morgan fingerprint density at radius 2 is 1.80 bits per heavy atom. The van der Waals surface area contributed by atoms with Gasteiger partial charge in [0.15, 0.2) is 5.69 Å². The molecule has 1 aromatic heterocycles. The third-order valence-corrected chi connectivity index (χ3v) is 2.42. The highest BCUT2D eigenvalue weighted by Crippen LogP contribution is 2.17. The number of nitrogens with zero attached hydrogens (tertiary/aromatic N) is 2. The van der Waals surface area contributed by atoms with Crippen molar-refractivity contribution in [2.45, 2.75) is 0 Å². The summed E-state index contributed by atoms with van der Waals surface area (Å²) in [6.45, 7) is 0. The lowest BCUT2D eigenvalue weighted by atomic mass is 10.3. The van der Waals surface area contributed by atoms with Gasteiger partial charge in [0.1, 0.15) is 0 Å². The summed E-state index contributed by atoms with van der Waals surface area (Å²) >= 11 is 5.73. The zero-order valence-corrected chi connectivity index (χ0v) is 10.7. The van der Waals surface area contributed by atoms with Crippen LogP contribution in [0.2, 0.25) is 5.02 Å². The van der Waals surface area contributed by atoms with Crippen molar-refractivity contribution >= 4 is 29.4 Å². The van der Waals surface area contributed by atoms with E-state index in [4.69, 9.17) is 16.7 Å². The Balaban J connectivity index is 2.20. The number of carbonyl (C=O) groups is 2. The van der Waals surface area contributed by atoms with Gasteiger partial charge in [-0.3, -0.25) is 4.79 Å². The van der Waals surface area contributed by atoms with Gasteiger partial charge in [-0.15, -0.1) is 0 Å². The summed E-state index contributed by atoms with van der Waals surface area (Å²) in [6, 6.07) is 6.38. The van der Waals surface area contributed by atoms with Crippen LogP contribution in [0.25, 0.3) is 0 Å². The summed E-state index contributed by atoms with van der Waals surface area (Å²) in [5, 5.41) is 11.6. The number of benzene rings is 1. The van der Waals surface area contributed by atoms with Gasteiger partial charge in [0.2, 0.25) is 0 Å². The van der Waals surface area contributed by atoms with Gasteiger partial charge in [-0.1, -0.05) is 11.6 Å². The van der Waals surface area contributed by atoms with Crippen LogP contribution < -0.4 is 10.1 Å². The maximum Gasteiger partial charge on any atom is 0.512 e. The average molecular weight is 294 g/mol. The van der Waals surface area contributed by atoms with Crippen LogP contribution in [0.1, 0.15) is 10.5 Å². The summed E-state index contributed by atoms with van der Waals surface area (Å²) in [6.07, 6.45) is 0.897. The molecule has 0 aliphatic heterocycles. The third kappa shape index (κ3) is 3.42. The molecule has 0 bridgehead atoms. The molecule has 8 heteroatoms. The van der Waals surface area contributed by atoms with E-state index in [1.165, 1.54) is 12.4 Å². The van der Waals surface area contributed by atoms with Gasteiger partial charge in [0.05, 0.1) is 0 Å². The van der Waals surface area contributed by atoms with Crippen molar-refractivity contribution in [3.8, 4) is 5.88 Å². The van der Waals surface area contributed by atoms with Crippen LogP contribution in [0, 0.1) is 0 Å². The second-order valence-corrected chi connectivity index (χ2v) is 3.98. The van der Waals surface area contributed by atoms with Crippen molar-refractivity contribution in [3.05, 3.63) is 47.4 Å². The van der Waals surface area contributed by atoms with Gasteiger partial charge in [0, 0.05) is 23.1 Å². The molecule has 1 aromatic carbocycles. The Morgan fingerprint density at radius 1 is 1.15 bits per heavy atom. The number of hydrogen-bond donors (Lipinski definition) is 2. The molecule has 102 valence electrons. The molecule has 0 radical (unpaired) electrons. The zero-order chi connectivity index (χ0) is 14.5. The van der Waals surface area contributed by atoms with E-state index in [0.29, 0.717) is 10.7 Å². The summed E-state index contributed by atoms with van der Waals surface area (Å²) in [7, 11) is 0. The molecule has 0 aliphatic carbocycles. The van der Waals surface area contributed by atoms with Crippen molar-refractivity contribution in [2.24, 2.45) is 0 Å². The first kappa shape index (κ1) is 13.8. The van der Waals surface area contributed by atoms with Gasteiger partial charge < -0.3 is 15.2 Å². The molecule has 1 amide bonds. The predicted octanol–water partition coefficient (Wildman–Crippen LogP) is 2.44. The number of anilines is 1. The highest BCUT2D eigenvalue weighted by Gasteiger charge is 2.18. The van der Waals surface area contributed by atoms with Crippen molar-refractivity contribution in [1.82, 2.24) is 9.97 Å². The van der Waals surface area contributed by atoms with E-state index in [1.54, 1.807) is 24.3 Å². The molecule has 0 saturated carbocycles. The lowest BCUT2D eigenvalue weighted by Crippen LogP contribution is -2.17. The Morgan fingerprint density at radius 3 is 2.45 bits per heavy atom. The van der Waals surface area contributed by atoms with E-state index < -0.39 is 12.1 Å². The monoisotopic (exact) mass is 293 g/mol. The van der Waals surface area contributed by atoms with E-state index in [2.05, 4.69) is 20.0 Å². The smallest absolute Gasteiger partial charge is 0.449 e. The lowest BCUT2D eigenvalue weighted by molar-refractivity contribution is 0.101. The summed E-state index contributed by atoms with van der Waals surface area (Å²) < 4.78 is 4.38. The zero-order valence-electron chi connectivity index (χ0n) is 9.91. The van der Waals surface area contributed by atoms with Crippen molar-refractivity contribution < 1.29 is 19.4 Å². The molecular weight excluding hydrogens is 286 g/mol. The molecule has 0 saturated heterocycles. The number of rotatable bonds is 3. The molecule has 0 aliphatic rings. The van der Waals surface area contributed by atoms with E-state index in [9.17, 15) is 9.59 Å². The van der Waals surface area contributed by atoms with Crippen molar-refractivity contribution in [1.29, 1.82) is 0 Å². The number of aromatic nitrogens is 2. The molecule has 0 spiro atoms. The Kier molecular flexibility index (Phi) is 4.11. The first-order valence-electron chi connectivity index (χ1n) is 5.35. The minimum absolute atomic E-state index is 0.232. The van der Waals surface area contributed by atoms with Gasteiger partial charge in [0.25, 0.3) is 11.8 Å². The van der Waals surface area contributed by atoms with Crippen LogP contribution in [0.3, 0.4) is 0 Å². The van der Waals surface area contributed by atoms with Gasteiger partial charge in [-0.05, 0) is 24.3 Å². The van der Waals surface area contributed by atoms with Gasteiger partial charge in [-0.25, -0.2) is 14.8 Å². The fourth-order valence-electron chi connectivity index (χ4n) is 1.36. The average Bonchev–Trinajstić information content (AvgIpc) is 2.41. The number of ether oxygens (including phenoxy) is 1. The standard InChI is InChI=1S/C12H8ClN3O4/c13-7-1-3-8(4-2-7)16-10(17)9-11(20-12(18)19)15-6-5-14-9/h1-6H,(H,16,17)(H,18,19). The van der Waals surface area contributed by atoms with Gasteiger partial charge in [-0.2, -0.15) is 0 Å². The molecule has 0 atom stereocenters. The van der Waals surface area contributed by atoms with Crippen LogP contribution in [-0.4, -0.2) is 27.1 Å². The van der Waals surface area contributed by atoms with E-state index in [-0.39, 0.29) is 11.6 Å². The fraction of sp³-hybridized carbons (Fsp3) is 0. The normalized spacial score (nSPS) is 9.85. The Hall–Kier alpha value is -2.67.